The molecule has 1 aromatic carbocycles. The van der Waals surface area contributed by atoms with Gasteiger partial charge in [-0.1, -0.05) is 6.07 Å². The van der Waals surface area contributed by atoms with Crippen LogP contribution in [0.3, 0.4) is 0 Å². The van der Waals surface area contributed by atoms with Gasteiger partial charge in [0.15, 0.2) is 0 Å². The van der Waals surface area contributed by atoms with Crippen LogP contribution < -0.4 is 10.6 Å². The molecule has 0 fully saturated rings. The van der Waals surface area contributed by atoms with E-state index in [4.69, 9.17) is 5.11 Å². The minimum atomic E-state index is -0.911. The highest BCUT2D eigenvalue weighted by molar-refractivity contribution is 5.95. The van der Waals surface area contributed by atoms with E-state index in [9.17, 15) is 9.59 Å². The molecule has 0 bridgehead atoms. The van der Waals surface area contributed by atoms with Gasteiger partial charge in [-0.2, -0.15) is 0 Å². The molecule has 1 heterocycles. The van der Waals surface area contributed by atoms with Crippen LogP contribution in [0.15, 0.2) is 18.2 Å². The van der Waals surface area contributed by atoms with Crippen LogP contribution >= 0.6 is 0 Å². The quantitative estimate of drug-likeness (QED) is 0.760. The van der Waals surface area contributed by atoms with Crippen LogP contribution in [0.4, 0.5) is 0 Å². The highest BCUT2D eigenvalue weighted by atomic mass is 16.4. The van der Waals surface area contributed by atoms with Crippen molar-refractivity contribution in [3.05, 3.63) is 34.9 Å². The third-order valence-corrected chi connectivity index (χ3v) is 3.60. The number of carbonyl (C=O) groups excluding carboxylic acids is 1. The normalized spacial score (nSPS) is 16.5. The van der Waals surface area contributed by atoms with Gasteiger partial charge in [-0.3, -0.25) is 9.59 Å². The molecular formula is C14H18N2O3. The van der Waals surface area contributed by atoms with Gasteiger partial charge in [0.05, 0.1) is 5.92 Å². The molecule has 1 aliphatic heterocycles. The van der Waals surface area contributed by atoms with E-state index in [0.29, 0.717) is 5.56 Å². The molecule has 0 spiro atoms. The van der Waals surface area contributed by atoms with E-state index in [-0.39, 0.29) is 5.91 Å². The predicted octanol–water partition coefficient (Wildman–Crippen LogP) is 1.13. The maximum Gasteiger partial charge on any atom is 0.308 e. The Labute approximate surface area is 112 Å². The SMILES string of the molecule is CC(NC(=O)c1ccc2c(c1)CNC2)C(C)C(=O)O. The number of hydrogen-bond acceptors (Lipinski definition) is 3. The molecule has 102 valence electrons. The Morgan fingerprint density at radius 2 is 1.95 bits per heavy atom. The minimum absolute atomic E-state index is 0.227. The fraction of sp³-hybridized carbons (Fsp3) is 0.429. The molecule has 1 amide bonds. The summed E-state index contributed by atoms with van der Waals surface area (Å²) in [6, 6.07) is 5.17. The van der Waals surface area contributed by atoms with E-state index in [1.807, 2.05) is 12.1 Å². The van der Waals surface area contributed by atoms with Crippen molar-refractivity contribution in [2.45, 2.75) is 33.0 Å². The molecule has 0 radical (unpaired) electrons. The zero-order chi connectivity index (χ0) is 14.0. The topological polar surface area (TPSA) is 78.4 Å². The van der Waals surface area contributed by atoms with Gasteiger partial charge in [0.1, 0.15) is 0 Å². The summed E-state index contributed by atoms with van der Waals surface area (Å²) in [5.41, 5.74) is 2.92. The van der Waals surface area contributed by atoms with E-state index in [0.717, 1.165) is 18.7 Å². The van der Waals surface area contributed by atoms with Crippen molar-refractivity contribution in [2.75, 3.05) is 0 Å². The molecule has 0 saturated heterocycles. The molecule has 2 rings (SSSR count). The number of amides is 1. The summed E-state index contributed by atoms with van der Waals surface area (Å²) in [4.78, 5) is 22.9. The fourth-order valence-electron chi connectivity index (χ4n) is 2.06. The number of rotatable bonds is 4. The summed E-state index contributed by atoms with van der Waals surface area (Å²) in [6.45, 7) is 4.90. The fourth-order valence-corrected chi connectivity index (χ4v) is 2.06. The van der Waals surface area contributed by atoms with Crippen molar-refractivity contribution < 1.29 is 14.7 Å². The lowest BCUT2D eigenvalue weighted by Crippen LogP contribution is -2.40. The molecule has 3 N–H and O–H groups in total. The molecule has 2 unspecified atom stereocenters. The van der Waals surface area contributed by atoms with E-state index in [1.165, 1.54) is 5.56 Å². The first-order chi connectivity index (χ1) is 8.99. The summed E-state index contributed by atoms with van der Waals surface area (Å²) in [6.07, 6.45) is 0. The van der Waals surface area contributed by atoms with Gasteiger partial charge >= 0.3 is 5.97 Å². The van der Waals surface area contributed by atoms with Crippen molar-refractivity contribution >= 4 is 11.9 Å². The zero-order valence-corrected chi connectivity index (χ0v) is 11.1. The number of benzene rings is 1. The van der Waals surface area contributed by atoms with Crippen molar-refractivity contribution in [3.63, 3.8) is 0 Å². The van der Waals surface area contributed by atoms with Gasteiger partial charge in [0.2, 0.25) is 0 Å². The van der Waals surface area contributed by atoms with Crippen LogP contribution in [0.2, 0.25) is 0 Å². The van der Waals surface area contributed by atoms with E-state index in [2.05, 4.69) is 10.6 Å². The van der Waals surface area contributed by atoms with Crippen LogP contribution in [0, 0.1) is 5.92 Å². The van der Waals surface area contributed by atoms with Gasteiger partial charge in [0.25, 0.3) is 5.91 Å². The average Bonchev–Trinajstić information content (AvgIpc) is 2.84. The lowest BCUT2D eigenvalue weighted by atomic mass is 10.0. The number of nitrogens with one attached hydrogen (secondary N) is 2. The lowest BCUT2D eigenvalue weighted by Gasteiger charge is -2.18. The van der Waals surface area contributed by atoms with Crippen molar-refractivity contribution in [1.29, 1.82) is 0 Å². The van der Waals surface area contributed by atoms with Gasteiger partial charge in [-0.05, 0) is 37.1 Å². The van der Waals surface area contributed by atoms with Gasteiger partial charge < -0.3 is 15.7 Å². The Kier molecular flexibility index (Phi) is 3.85. The number of aliphatic carboxylic acids is 1. The van der Waals surface area contributed by atoms with Crippen LogP contribution in [-0.4, -0.2) is 23.0 Å². The van der Waals surface area contributed by atoms with Crippen LogP contribution in [0.25, 0.3) is 0 Å². The summed E-state index contributed by atoms with van der Waals surface area (Å²) in [5.74, 6) is -1.75. The Morgan fingerprint density at radius 1 is 1.26 bits per heavy atom. The molecule has 19 heavy (non-hydrogen) atoms. The largest absolute Gasteiger partial charge is 0.481 e. The van der Waals surface area contributed by atoms with Crippen molar-refractivity contribution in [2.24, 2.45) is 5.92 Å². The second kappa shape index (κ2) is 5.40. The number of carboxylic acids is 1. The smallest absolute Gasteiger partial charge is 0.308 e. The van der Waals surface area contributed by atoms with Gasteiger partial charge in [-0.25, -0.2) is 0 Å². The van der Waals surface area contributed by atoms with E-state index in [1.54, 1.807) is 19.9 Å². The summed E-state index contributed by atoms with van der Waals surface area (Å²) in [5, 5.41) is 14.8. The molecule has 0 aliphatic carbocycles. The Bertz CT molecular complexity index is 513. The van der Waals surface area contributed by atoms with Crippen LogP contribution in [0.5, 0.6) is 0 Å². The summed E-state index contributed by atoms with van der Waals surface area (Å²) >= 11 is 0. The van der Waals surface area contributed by atoms with Gasteiger partial charge in [-0.15, -0.1) is 0 Å². The van der Waals surface area contributed by atoms with Gasteiger partial charge in [0, 0.05) is 24.7 Å². The number of fused-ring (bicyclic) bond motifs is 1. The molecule has 1 aliphatic rings. The molecule has 5 nitrogen and oxygen atoms in total. The Hall–Kier alpha value is -1.88. The highest BCUT2D eigenvalue weighted by Crippen LogP contribution is 2.17. The van der Waals surface area contributed by atoms with Crippen LogP contribution in [0.1, 0.15) is 35.3 Å². The summed E-state index contributed by atoms with van der Waals surface area (Å²) in [7, 11) is 0. The molecule has 0 saturated carbocycles. The first-order valence-electron chi connectivity index (χ1n) is 6.35. The van der Waals surface area contributed by atoms with E-state index < -0.39 is 17.9 Å². The number of hydrogen-bond donors (Lipinski definition) is 3. The molecular weight excluding hydrogens is 244 g/mol. The van der Waals surface area contributed by atoms with Crippen molar-refractivity contribution in [1.82, 2.24) is 10.6 Å². The second-order valence-electron chi connectivity index (χ2n) is 4.98. The first-order valence-corrected chi connectivity index (χ1v) is 6.35. The zero-order valence-electron chi connectivity index (χ0n) is 11.1. The molecule has 2 atom stereocenters. The molecule has 1 aromatic rings. The molecule has 5 heteroatoms. The molecule has 0 aromatic heterocycles. The lowest BCUT2D eigenvalue weighted by molar-refractivity contribution is -0.141. The third kappa shape index (κ3) is 2.93. The first kappa shape index (κ1) is 13.5. The number of carbonyl (C=O) groups is 2. The number of carboxylic acid groups (broad SMARTS) is 1. The predicted molar refractivity (Wildman–Crippen MR) is 70.7 cm³/mol. The Morgan fingerprint density at radius 3 is 2.63 bits per heavy atom. The summed E-state index contributed by atoms with van der Waals surface area (Å²) < 4.78 is 0. The third-order valence-electron chi connectivity index (χ3n) is 3.60. The van der Waals surface area contributed by atoms with E-state index >= 15 is 0 Å². The van der Waals surface area contributed by atoms with Crippen molar-refractivity contribution in [3.8, 4) is 0 Å². The monoisotopic (exact) mass is 262 g/mol. The Balaban J connectivity index is 2.06. The highest BCUT2D eigenvalue weighted by Gasteiger charge is 2.22. The maximum absolute atomic E-state index is 12.1. The standard InChI is InChI=1S/C14H18N2O3/c1-8(14(18)19)9(2)16-13(17)10-3-4-11-6-15-7-12(11)5-10/h3-5,8-9,15H,6-7H2,1-2H3,(H,16,17)(H,18,19). The maximum atomic E-state index is 12.1. The second-order valence-corrected chi connectivity index (χ2v) is 4.98. The van der Waals surface area contributed by atoms with Crippen LogP contribution in [-0.2, 0) is 17.9 Å². The average molecular weight is 262 g/mol. The minimum Gasteiger partial charge on any atom is -0.481 e.